The molecule has 3 aromatic carbocycles. The molecule has 1 fully saturated rings. The summed E-state index contributed by atoms with van der Waals surface area (Å²) < 4.78 is 5.70. The highest BCUT2D eigenvalue weighted by Crippen LogP contribution is 2.53. The van der Waals surface area contributed by atoms with Gasteiger partial charge in [-0.3, -0.25) is 19.2 Å². The SMILES string of the molecule is Cc1ccc(N2C(=O)[C@H]3[C@H](c4ccc(OCC(=O)Nc5cccc(C)c5)cc4)c4sc(=O)[nH]c4S[C@H]3C2=O)cc1. The third kappa shape index (κ3) is 4.84. The maximum Gasteiger partial charge on any atom is 0.305 e. The molecule has 6 rings (SSSR count). The Bertz CT molecular complexity index is 1680. The van der Waals surface area contributed by atoms with Crippen molar-refractivity contribution < 1.29 is 19.1 Å². The van der Waals surface area contributed by atoms with Crippen LogP contribution >= 0.6 is 23.1 Å². The van der Waals surface area contributed by atoms with Crippen LogP contribution in [0, 0.1) is 19.8 Å². The van der Waals surface area contributed by atoms with Crippen LogP contribution in [0.5, 0.6) is 5.75 Å². The van der Waals surface area contributed by atoms with E-state index in [1.54, 1.807) is 24.3 Å². The van der Waals surface area contributed by atoms with Crippen LogP contribution in [-0.2, 0) is 14.4 Å². The molecule has 0 aliphatic carbocycles. The fourth-order valence-corrected chi connectivity index (χ4v) is 7.68. The molecule has 0 saturated carbocycles. The molecule has 8 nitrogen and oxygen atoms in total. The van der Waals surface area contributed by atoms with Gasteiger partial charge >= 0.3 is 4.87 Å². The molecule has 3 atom stereocenters. The number of aromatic amines is 1. The van der Waals surface area contributed by atoms with Crippen molar-refractivity contribution in [3.8, 4) is 5.75 Å². The maximum atomic E-state index is 13.8. The van der Waals surface area contributed by atoms with Crippen molar-refractivity contribution in [1.82, 2.24) is 4.98 Å². The first kappa shape index (κ1) is 26.1. The average molecular weight is 572 g/mol. The zero-order valence-corrected chi connectivity index (χ0v) is 23.3. The molecule has 3 amide bonds. The number of nitrogens with zero attached hydrogens (tertiary/aromatic N) is 1. The van der Waals surface area contributed by atoms with Crippen LogP contribution in [0.15, 0.2) is 82.6 Å². The number of H-pyrrole nitrogens is 1. The van der Waals surface area contributed by atoms with Crippen LogP contribution in [0.1, 0.15) is 27.5 Å². The van der Waals surface area contributed by atoms with E-state index in [9.17, 15) is 19.2 Å². The minimum atomic E-state index is -0.662. The van der Waals surface area contributed by atoms with E-state index in [0.29, 0.717) is 22.2 Å². The molecular formula is C30H25N3O5S2. The molecule has 0 radical (unpaired) electrons. The Morgan fingerprint density at radius 3 is 2.42 bits per heavy atom. The fourth-order valence-electron chi connectivity index (χ4n) is 5.16. The third-order valence-corrected chi connectivity index (χ3v) is 9.43. The Morgan fingerprint density at radius 2 is 1.70 bits per heavy atom. The van der Waals surface area contributed by atoms with E-state index in [1.165, 1.54) is 16.7 Å². The quantitative estimate of drug-likeness (QED) is 0.320. The van der Waals surface area contributed by atoms with E-state index in [0.717, 1.165) is 32.9 Å². The molecule has 4 aromatic rings. The summed E-state index contributed by atoms with van der Waals surface area (Å²) in [5, 5.41) is 2.78. The summed E-state index contributed by atoms with van der Waals surface area (Å²) in [6, 6.07) is 21.9. The van der Waals surface area contributed by atoms with Gasteiger partial charge in [-0.25, -0.2) is 4.90 Å². The van der Waals surface area contributed by atoms with Crippen molar-refractivity contribution in [3.63, 3.8) is 0 Å². The number of thioether (sulfide) groups is 1. The van der Waals surface area contributed by atoms with Crippen molar-refractivity contribution in [3.05, 3.63) is 104 Å². The van der Waals surface area contributed by atoms with E-state index in [2.05, 4.69) is 10.3 Å². The molecule has 0 unspecified atom stereocenters. The van der Waals surface area contributed by atoms with Crippen LogP contribution in [0.25, 0.3) is 0 Å². The monoisotopic (exact) mass is 571 g/mol. The summed E-state index contributed by atoms with van der Waals surface area (Å²) in [6.07, 6.45) is 0. The summed E-state index contributed by atoms with van der Waals surface area (Å²) in [4.78, 5) is 56.6. The maximum absolute atomic E-state index is 13.8. The lowest BCUT2D eigenvalue weighted by Gasteiger charge is -2.29. The van der Waals surface area contributed by atoms with Gasteiger partial charge in [0.1, 0.15) is 11.0 Å². The van der Waals surface area contributed by atoms with E-state index < -0.39 is 17.1 Å². The van der Waals surface area contributed by atoms with Gasteiger partial charge in [0.15, 0.2) is 6.61 Å². The second-order valence-corrected chi connectivity index (χ2v) is 12.0. The third-order valence-electron chi connectivity index (χ3n) is 7.03. The standard InChI is InChI=1S/C30H25N3O5S2/c1-16-6-10-20(11-7-16)33-28(35)24-23(25-27(32-30(37)40-25)39-26(24)29(33)36)18-8-12-21(13-9-18)38-15-22(34)31-19-5-3-4-17(2)14-19/h3-14,23-24,26H,15H2,1-2H3,(H,31,34)(H,32,37)/t23-,24-,26+/m0/s1. The van der Waals surface area contributed by atoms with Crippen molar-refractivity contribution in [1.29, 1.82) is 0 Å². The van der Waals surface area contributed by atoms with Crippen LogP contribution in [-0.4, -0.2) is 34.6 Å². The number of aryl methyl sites for hydroxylation is 2. The number of ether oxygens (including phenoxy) is 1. The van der Waals surface area contributed by atoms with Crippen molar-refractivity contribution in [2.24, 2.45) is 5.92 Å². The first-order valence-corrected chi connectivity index (χ1v) is 14.4. The van der Waals surface area contributed by atoms with E-state index in [1.807, 2.05) is 62.4 Å². The summed E-state index contributed by atoms with van der Waals surface area (Å²) in [5.41, 5.74) is 4.10. The van der Waals surface area contributed by atoms with Crippen LogP contribution in [0.4, 0.5) is 11.4 Å². The van der Waals surface area contributed by atoms with Gasteiger partial charge in [-0.15, -0.1) is 0 Å². The second kappa shape index (κ2) is 10.4. The van der Waals surface area contributed by atoms with Crippen LogP contribution < -0.4 is 19.8 Å². The van der Waals surface area contributed by atoms with Crippen molar-refractivity contribution >= 4 is 52.2 Å². The number of imide groups is 1. The molecule has 1 saturated heterocycles. The number of anilines is 2. The molecule has 1 aromatic heterocycles. The number of fused-ring (bicyclic) bond motifs is 2. The minimum absolute atomic E-state index is 0.167. The lowest BCUT2D eigenvalue weighted by atomic mass is 9.83. The van der Waals surface area contributed by atoms with Gasteiger partial charge in [0.25, 0.3) is 5.91 Å². The summed E-state index contributed by atoms with van der Waals surface area (Å²) in [5.74, 6) is -1.50. The molecule has 3 heterocycles. The Hall–Kier alpha value is -4.15. The number of aromatic nitrogens is 1. The van der Waals surface area contributed by atoms with E-state index in [-0.39, 0.29) is 29.2 Å². The number of hydrogen-bond donors (Lipinski definition) is 2. The largest absolute Gasteiger partial charge is 0.484 e. The number of amides is 3. The van der Waals surface area contributed by atoms with Gasteiger partial charge in [0.05, 0.1) is 16.6 Å². The lowest BCUT2D eigenvalue weighted by molar-refractivity contribution is -0.122. The van der Waals surface area contributed by atoms with Crippen molar-refractivity contribution in [2.75, 3.05) is 16.8 Å². The number of carbonyl (C=O) groups excluding carboxylic acids is 3. The number of rotatable bonds is 6. The number of carbonyl (C=O) groups is 3. The first-order chi connectivity index (χ1) is 19.3. The number of thiazole rings is 1. The molecule has 202 valence electrons. The topological polar surface area (TPSA) is 109 Å². The Kier molecular flexibility index (Phi) is 6.81. The Balaban J connectivity index is 1.24. The van der Waals surface area contributed by atoms with Crippen LogP contribution in [0.3, 0.4) is 0 Å². The van der Waals surface area contributed by atoms with E-state index >= 15 is 0 Å². The Morgan fingerprint density at radius 1 is 0.950 bits per heavy atom. The predicted octanol–water partition coefficient (Wildman–Crippen LogP) is 4.87. The first-order valence-electron chi connectivity index (χ1n) is 12.7. The summed E-state index contributed by atoms with van der Waals surface area (Å²) in [6.45, 7) is 3.73. The van der Waals surface area contributed by atoms with Gasteiger partial charge in [0.2, 0.25) is 11.8 Å². The summed E-state index contributed by atoms with van der Waals surface area (Å²) >= 11 is 2.32. The zero-order valence-electron chi connectivity index (χ0n) is 21.7. The predicted molar refractivity (Wildman–Crippen MR) is 155 cm³/mol. The number of hydrogen-bond acceptors (Lipinski definition) is 7. The smallest absolute Gasteiger partial charge is 0.305 e. The zero-order chi connectivity index (χ0) is 28.0. The second-order valence-electron chi connectivity index (χ2n) is 9.87. The number of benzene rings is 3. The van der Waals surface area contributed by atoms with Gasteiger partial charge in [-0.05, 0) is 61.4 Å². The number of nitrogens with one attached hydrogen (secondary N) is 2. The van der Waals surface area contributed by atoms with Gasteiger partial charge < -0.3 is 15.0 Å². The van der Waals surface area contributed by atoms with E-state index in [4.69, 9.17) is 4.74 Å². The molecule has 40 heavy (non-hydrogen) atoms. The average Bonchev–Trinajstić information content (AvgIpc) is 3.42. The minimum Gasteiger partial charge on any atom is -0.484 e. The normalized spacial score (nSPS) is 19.8. The Labute approximate surface area is 238 Å². The highest BCUT2D eigenvalue weighted by Gasteiger charge is 2.56. The molecule has 0 bridgehead atoms. The van der Waals surface area contributed by atoms with Gasteiger partial charge in [0, 0.05) is 16.5 Å². The van der Waals surface area contributed by atoms with Crippen molar-refractivity contribution in [2.45, 2.75) is 30.0 Å². The highest BCUT2D eigenvalue weighted by molar-refractivity contribution is 8.00. The summed E-state index contributed by atoms with van der Waals surface area (Å²) in [7, 11) is 0. The fraction of sp³-hybridized carbons (Fsp3) is 0.200. The van der Waals surface area contributed by atoms with Gasteiger partial charge in [-0.1, -0.05) is 65.1 Å². The van der Waals surface area contributed by atoms with Crippen LogP contribution in [0.2, 0.25) is 0 Å². The molecular weight excluding hydrogens is 546 g/mol. The highest BCUT2D eigenvalue weighted by atomic mass is 32.2. The molecule has 2 aliphatic heterocycles. The molecule has 0 spiro atoms. The lowest BCUT2D eigenvalue weighted by Crippen LogP contribution is -2.32. The van der Waals surface area contributed by atoms with Gasteiger partial charge in [-0.2, -0.15) is 0 Å². The molecule has 2 aliphatic rings. The molecule has 2 N–H and O–H groups in total. The molecule has 10 heteroatoms.